The second-order valence-electron chi connectivity index (χ2n) is 3.51. The average Bonchev–Trinajstić information content (AvgIpc) is 2.37. The number of carboxylic acid groups (broad SMARTS) is 1. The van der Waals surface area contributed by atoms with Crippen molar-refractivity contribution in [1.82, 2.24) is 0 Å². The van der Waals surface area contributed by atoms with Gasteiger partial charge in [-0.1, -0.05) is 0 Å². The zero-order valence-electron chi connectivity index (χ0n) is 6.77. The predicted molar refractivity (Wildman–Crippen MR) is 43.4 cm³/mol. The van der Waals surface area contributed by atoms with E-state index in [2.05, 4.69) is 0 Å². The number of aliphatic carboxylic acids is 1. The molecule has 0 aromatic rings. The van der Waals surface area contributed by atoms with Crippen LogP contribution < -0.4 is 0 Å². The Morgan fingerprint density at radius 2 is 2.23 bits per heavy atom. The number of hydrogen-bond acceptors (Lipinski definition) is 3. The lowest BCUT2D eigenvalue weighted by molar-refractivity contribution is -0.150. The second-order valence-corrected chi connectivity index (χ2v) is 4.07. The average molecular weight is 205 g/mol. The maximum atomic E-state index is 11.2. The molecule has 4 nitrogen and oxygen atoms in total. The van der Waals surface area contributed by atoms with Crippen molar-refractivity contribution in [3.63, 3.8) is 0 Å². The molecule has 0 spiro atoms. The summed E-state index contributed by atoms with van der Waals surface area (Å²) in [5.74, 6) is -2.49. The van der Waals surface area contributed by atoms with Gasteiger partial charge in [-0.2, -0.15) is 0 Å². The van der Waals surface area contributed by atoms with Crippen LogP contribution in [0.5, 0.6) is 0 Å². The Morgan fingerprint density at radius 1 is 1.54 bits per heavy atom. The minimum Gasteiger partial charge on any atom is -0.481 e. The van der Waals surface area contributed by atoms with Gasteiger partial charge < -0.3 is 9.84 Å². The number of hydrogen-bond donors (Lipinski definition) is 1. The van der Waals surface area contributed by atoms with Crippen LogP contribution in [0.2, 0.25) is 0 Å². The number of carboxylic acids is 1. The predicted octanol–water partition coefficient (Wildman–Crippen LogP) is 0.630. The van der Waals surface area contributed by atoms with E-state index in [-0.39, 0.29) is 11.5 Å². The highest BCUT2D eigenvalue weighted by Gasteiger charge is 2.50. The number of fused-ring (bicyclic) bond motifs is 2. The summed E-state index contributed by atoms with van der Waals surface area (Å²) in [6.07, 6.45) is 0.525. The molecule has 1 aliphatic heterocycles. The molecule has 1 heterocycles. The van der Waals surface area contributed by atoms with Gasteiger partial charge in [0.1, 0.15) is 6.10 Å². The second kappa shape index (κ2) is 2.87. The van der Waals surface area contributed by atoms with Crippen LogP contribution in [0, 0.1) is 11.8 Å². The molecule has 1 N–H and O–H groups in total. The topological polar surface area (TPSA) is 63.6 Å². The van der Waals surface area contributed by atoms with E-state index < -0.39 is 23.8 Å². The smallest absolute Gasteiger partial charge is 0.310 e. The van der Waals surface area contributed by atoms with Crippen molar-refractivity contribution in [3.05, 3.63) is 0 Å². The van der Waals surface area contributed by atoms with Crippen molar-refractivity contribution in [3.8, 4) is 0 Å². The van der Waals surface area contributed by atoms with E-state index in [1.54, 1.807) is 0 Å². The van der Waals surface area contributed by atoms with E-state index in [1.165, 1.54) is 0 Å². The molecule has 2 aliphatic rings. The first-order valence-corrected chi connectivity index (χ1v) is 4.60. The first kappa shape index (κ1) is 8.81. The van der Waals surface area contributed by atoms with Gasteiger partial charge in [0.25, 0.3) is 0 Å². The number of carbonyl (C=O) groups excluding carboxylic acids is 1. The Labute approximate surface area is 79.8 Å². The third-order valence-corrected chi connectivity index (χ3v) is 3.20. The lowest BCUT2D eigenvalue weighted by Crippen LogP contribution is -2.35. The molecule has 0 aromatic carbocycles. The SMILES string of the molecule is O=C(O)C1CC(Cl)C2CC1C(=O)O2. The molecule has 2 rings (SSSR count). The summed E-state index contributed by atoms with van der Waals surface area (Å²) >= 11 is 5.87. The van der Waals surface area contributed by atoms with Gasteiger partial charge in [-0.3, -0.25) is 9.59 Å². The van der Waals surface area contributed by atoms with Gasteiger partial charge in [0.2, 0.25) is 0 Å². The molecule has 2 fully saturated rings. The molecule has 0 amide bonds. The molecule has 0 radical (unpaired) electrons. The maximum absolute atomic E-state index is 11.2. The Hall–Kier alpha value is -0.770. The molecular weight excluding hydrogens is 196 g/mol. The zero-order chi connectivity index (χ0) is 9.59. The molecule has 2 bridgehead atoms. The summed E-state index contributed by atoms with van der Waals surface area (Å²) in [7, 11) is 0. The van der Waals surface area contributed by atoms with Crippen LogP contribution in [0.4, 0.5) is 0 Å². The molecule has 1 saturated heterocycles. The third kappa shape index (κ3) is 1.29. The van der Waals surface area contributed by atoms with Crippen LogP contribution in [0.25, 0.3) is 0 Å². The van der Waals surface area contributed by atoms with Crippen molar-refractivity contribution in [2.45, 2.75) is 24.3 Å². The van der Waals surface area contributed by atoms with E-state index in [0.29, 0.717) is 12.8 Å². The van der Waals surface area contributed by atoms with Gasteiger partial charge in [-0.15, -0.1) is 11.6 Å². The minimum absolute atomic E-state index is 0.269. The molecular formula is C8H9ClO4. The summed E-state index contributed by atoms with van der Waals surface area (Å²) in [6, 6.07) is 0. The van der Waals surface area contributed by atoms with Crippen LogP contribution in [-0.2, 0) is 14.3 Å². The summed E-state index contributed by atoms with van der Waals surface area (Å²) in [5.41, 5.74) is 0. The van der Waals surface area contributed by atoms with E-state index in [0.717, 1.165) is 0 Å². The molecule has 5 heteroatoms. The Morgan fingerprint density at radius 3 is 2.85 bits per heavy atom. The van der Waals surface area contributed by atoms with Crippen LogP contribution >= 0.6 is 11.6 Å². The Bertz CT molecular complexity index is 265. The van der Waals surface area contributed by atoms with Crippen molar-refractivity contribution in [2.75, 3.05) is 0 Å². The van der Waals surface area contributed by atoms with Gasteiger partial charge >= 0.3 is 11.9 Å². The number of alkyl halides is 1. The highest BCUT2D eigenvalue weighted by Crippen LogP contribution is 2.40. The molecule has 1 saturated carbocycles. The fourth-order valence-electron chi connectivity index (χ4n) is 2.01. The van der Waals surface area contributed by atoms with Crippen molar-refractivity contribution >= 4 is 23.5 Å². The Kier molecular flexibility index (Phi) is 1.95. The van der Waals surface area contributed by atoms with Gasteiger partial charge in [0, 0.05) is 0 Å². The normalized spacial score (nSPS) is 43.0. The number of esters is 1. The largest absolute Gasteiger partial charge is 0.481 e. The van der Waals surface area contributed by atoms with Crippen LogP contribution in [0.1, 0.15) is 12.8 Å². The molecule has 13 heavy (non-hydrogen) atoms. The first-order valence-electron chi connectivity index (χ1n) is 4.17. The van der Waals surface area contributed by atoms with Gasteiger partial charge in [0.15, 0.2) is 0 Å². The highest BCUT2D eigenvalue weighted by molar-refractivity contribution is 6.21. The van der Waals surface area contributed by atoms with Gasteiger partial charge in [0.05, 0.1) is 17.2 Å². The van der Waals surface area contributed by atoms with Crippen LogP contribution in [0.3, 0.4) is 0 Å². The summed E-state index contributed by atoms with van der Waals surface area (Å²) in [5, 5.41) is 8.48. The lowest BCUT2D eigenvalue weighted by Gasteiger charge is -2.25. The van der Waals surface area contributed by atoms with E-state index >= 15 is 0 Å². The van der Waals surface area contributed by atoms with E-state index in [9.17, 15) is 9.59 Å². The first-order chi connectivity index (χ1) is 6.09. The molecule has 4 atom stereocenters. The fourth-order valence-corrected chi connectivity index (χ4v) is 2.36. The minimum atomic E-state index is -0.951. The number of carbonyl (C=O) groups is 2. The third-order valence-electron chi connectivity index (χ3n) is 2.74. The molecule has 1 aliphatic carbocycles. The molecule has 72 valence electrons. The number of ether oxygens (including phenoxy) is 1. The maximum Gasteiger partial charge on any atom is 0.310 e. The van der Waals surface area contributed by atoms with E-state index in [1.807, 2.05) is 0 Å². The van der Waals surface area contributed by atoms with Crippen LogP contribution in [0.15, 0.2) is 0 Å². The van der Waals surface area contributed by atoms with Crippen molar-refractivity contribution in [2.24, 2.45) is 11.8 Å². The van der Waals surface area contributed by atoms with Crippen molar-refractivity contribution < 1.29 is 19.4 Å². The summed E-state index contributed by atoms with van der Waals surface area (Å²) < 4.78 is 4.94. The quantitative estimate of drug-likeness (QED) is 0.503. The fraction of sp³-hybridized carbons (Fsp3) is 0.750. The van der Waals surface area contributed by atoms with E-state index in [4.69, 9.17) is 21.4 Å². The molecule has 4 unspecified atom stereocenters. The summed E-state index contributed by atoms with van der Waals surface area (Å²) in [4.78, 5) is 21.9. The standard InChI is InChI=1S/C8H9ClO4/c9-5-1-3(7(10)11)4-2-6(5)13-8(4)12/h3-6H,1-2H2,(H,10,11). The Balaban J connectivity index is 2.22. The van der Waals surface area contributed by atoms with Crippen LogP contribution in [-0.4, -0.2) is 28.5 Å². The molecule has 0 aromatic heterocycles. The van der Waals surface area contributed by atoms with Crippen molar-refractivity contribution in [1.29, 1.82) is 0 Å². The lowest BCUT2D eigenvalue weighted by atomic mass is 9.80. The monoisotopic (exact) mass is 204 g/mol. The number of halogens is 1. The zero-order valence-corrected chi connectivity index (χ0v) is 7.53. The highest BCUT2D eigenvalue weighted by atomic mass is 35.5. The summed E-state index contributed by atoms with van der Waals surface area (Å²) in [6.45, 7) is 0. The van der Waals surface area contributed by atoms with Gasteiger partial charge in [-0.05, 0) is 12.8 Å². The van der Waals surface area contributed by atoms with Gasteiger partial charge in [-0.25, -0.2) is 0 Å². The number of rotatable bonds is 1.